The minimum atomic E-state index is -5.67. The summed E-state index contributed by atoms with van der Waals surface area (Å²) in [5, 5.41) is 0. The maximum absolute atomic E-state index is 12.2. The van der Waals surface area contributed by atoms with Crippen LogP contribution in [0.2, 0.25) is 0 Å². The minimum Gasteiger partial charge on any atom is -0.722 e. The molecule has 0 aliphatic heterocycles. The third-order valence-corrected chi connectivity index (χ3v) is 3.94. The Hall–Kier alpha value is -0.805. The molecule has 0 radical (unpaired) electrons. The topological polar surface area (TPSA) is 176 Å². The van der Waals surface area contributed by atoms with Crippen molar-refractivity contribution < 1.29 is 209 Å². The van der Waals surface area contributed by atoms with Crippen molar-refractivity contribution in [2.75, 3.05) is 40.0 Å². The zero-order valence-corrected chi connectivity index (χ0v) is 41.9. The quantitative estimate of drug-likeness (QED) is 0.0678. The van der Waals surface area contributed by atoms with Crippen LogP contribution in [0.25, 0.3) is 0 Å². The van der Waals surface area contributed by atoms with Crippen LogP contribution in [0.15, 0.2) is 40.9 Å². The second-order valence-corrected chi connectivity index (χ2v) is 12.5. The molecule has 2 aromatic carbocycles. The van der Waals surface area contributed by atoms with Crippen molar-refractivity contribution in [3.05, 3.63) is 70.0 Å². The molecule has 48 heteroatoms. The zero-order chi connectivity index (χ0) is 58.6. The van der Waals surface area contributed by atoms with E-state index in [1.807, 2.05) is 0 Å². The predicted octanol–water partition coefficient (Wildman–Crippen LogP) is 7.47. The monoisotopic (exact) mass is 1490 g/mol. The molecule has 0 saturated heterocycles. The summed E-state index contributed by atoms with van der Waals surface area (Å²) in [5.41, 5.74) is 0. The van der Waals surface area contributed by atoms with Gasteiger partial charge < -0.3 is 9.11 Å². The van der Waals surface area contributed by atoms with Gasteiger partial charge in [0, 0.05) is 28.7 Å². The molecule has 0 aromatic heterocycles. The number of ether oxygens (including phenoxy) is 3. The number of halogens is 32. The summed E-state index contributed by atoms with van der Waals surface area (Å²) >= 11 is 4.23. The Morgan fingerprint density at radius 3 is 0.575 bits per heavy atom. The fourth-order valence-corrected chi connectivity index (χ4v) is 2.30. The van der Waals surface area contributed by atoms with E-state index in [4.69, 9.17) is 34.4 Å². The first-order valence-electron chi connectivity index (χ1n) is 14.1. The number of hydrogen-bond acceptors (Lipinski definition) is 11. The summed E-state index contributed by atoms with van der Waals surface area (Å²) in [6.07, 6.45) is -27.8. The smallest absolute Gasteiger partial charge is 0.722 e. The third kappa shape index (κ3) is 97.3. The fraction of sp³-hybridized carbons (Fsp3) is 0.520. The molecule has 0 bridgehead atoms. The number of alkyl halides is 18. The van der Waals surface area contributed by atoms with Gasteiger partial charge in [0.25, 0.3) is 21.0 Å². The first-order chi connectivity index (χ1) is 30.8. The van der Waals surface area contributed by atoms with Gasteiger partial charge in [0.1, 0.15) is 29.1 Å². The molecule has 0 heterocycles. The first-order valence-corrected chi connectivity index (χ1v) is 20.4. The molecule has 0 aliphatic rings. The second kappa shape index (κ2) is 47.2. The molecule has 0 amide bonds. The van der Waals surface area contributed by atoms with Crippen LogP contribution in [0.5, 0.6) is 0 Å². The molecular formula is C25H22BrF29I2Li2O11S3. The third-order valence-electron chi connectivity index (χ3n) is 3.48. The van der Waals surface area contributed by atoms with Gasteiger partial charge in [-0.25, -0.2) is 65.1 Å². The van der Waals surface area contributed by atoms with Gasteiger partial charge in [0.15, 0.2) is 86.4 Å². The minimum absolute atomic E-state index is 0. The van der Waals surface area contributed by atoms with Crippen LogP contribution in [-0.2, 0) is 45.8 Å². The van der Waals surface area contributed by atoms with Crippen LogP contribution in [0.4, 0.5) is 122 Å². The summed E-state index contributed by atoms with van der Waals surface area (Å²) in [4.78, 5) is 0. The molecule has 432 valence electrons. The van der Waals surface area contributed by atoms with Crippen molar-refractivity contribution in [1.82, 2.24) is 0 Å². The van der Waals surface area contributed by atoms with Gasteiger partial charge in [-0.1, -0.05) is 31.1 Å². The Kier molecular flexibility index (Phi) is 63.2. The zero-order valence-electron chi connectivity index (χ0n) is 33.5. The van der Waals surface area contributed by atoms with Gasteiger partial charge >= 0.3 is 85.0 Å². The van der Waals surface area contributed by atoms with Crippen molar-refractivity contribution in [3.8, 4) is 0 Å². The maximum atomic E-state index is 12.2. The van der Waals surface area contributed by atoms with Crippen LogP contribution >= 0.6 is 62.3 Å². The van der Waals surface area contributed by atoms with Gasteiger partial charge in [-0.2, -0.15) is 66.8 Å². The van der Waals surface area contributed by atoms with Gasteiger partial charge in [-0.3, -0.25) is 14.2 Å². The van der Waals surface area contributed by atoms with E-state index in [0.29, 0.717) is 69.0 Å². The predicted molar refractivity (Wildman–Crippen MR) is 199 cm³/mol. The maximum Gasteiger partial charge on any atom is 1.00 e. The molecule has 0 fully saturated rings. The summed E-state index contributed by atoms with van der Waals surface area (Å²) in [5.74, 6) is -3.82. The van der Waals surface area contributed by atoms with E-state index in [1.165, 1.54) is 12.1 Å². The van der Waals surface area contributed by atoms with Gasteiger partial charge in [-0.15, -0.1) is 7.77 Å². The van der Waals surface area contributed by atoms with E-state index >= 15 is 0 Å². The Morgan fingerprint density at radius 2 is 0.493 bits per heavy atom. The average Bonchev–Trinajstić information content (AvgIpc) is 3.13. The van der Waals surface area contributed by atoms with Crippen LogP contribution in [-0.4, -0.2) is 111 Å². The number of hydrogen-bond donors (Lipinski definition) is 0. The van der Waals surface area contributed by atoms with Crippen LogP contribution in [0, 0.1) is 29.1 Å². The molecule has 0 aliphatic carbocycles. The molecule has 0 N–H and O–H groups in total. The summed E-state index contributed by atoms with van der Waals surface area (Å²) in [6, 6.07) is 5.06. The summed E-state index contributed by atoms with van der Waals surface area (Å²) in [7, 11) is -16.5. The van der Waals surface area contributed by atoms with Crippen molar-refractivity contribution >= 4 is 93.9 Å². The van der Waals surface area contributed by atoms with E-state index < -0.39 is 137 Å². The molecular weight excluding hydrogens is 1470 g/mol. The molecule has 73 heavy (non-hydrogen) atoms. The molecule has 0 spiro atoms. The van der Waals surface area contributed by atoms with Crippen LogP contribution in [0.1, 0.15) is 7.43 Å². The van der Waals surface area contributed by atoms with Crippen molar-refractivity contribution in [3.63, 3.8) is 0 Å². The van der Waals surface area contributed by atoms with Gasteiger partial charge in [0.2, 0.25) is 0 Å². The van der Waals surface area contributed by atoms with Gasteiger partial charge in [0.05, 0.1) is 0 Å². The van der Waals surface area contributed by atoms with Gasteiger partial charge in [-0.05, 0) is 12.1 Å². The van der Waals surface area contributed by atoms with E-state index in [0.717, 1.165) is 6.07 Å². The molecule has 0 unspecified atom stereocenters. The Bertz CT molecular complexity index is 1640. The largest absolute Gasteiger partial charge is 1.00 e. The molecule has 2 aromatic rings. The average molecular weight is 1490 g/mol. The van der Waals surface area contributed by atoms with Crippen molar-refractivity contribution in [1.29, 1.82) is 0 Å². The summed E-state index contributed by atoms with van der Waals surface area (Å²) < 4.78 is 400. The van der Waals surface area contributed by atoms with Crippen molar-refractivity contribution in [2.45, 2.75) is 44.1 Å². The van der Waals surface area contributed by atoms with E-state index in [9.17, 15) is 122 Å². The second-order valence-electron chi connectivity index (χ2n) is 9.27. The molecule has 0 saturated carbocycles. The summed E-state index contributed by atoms with van der Waals surface area (Å²) in [6.45, 7) is -14.5. The number of benzene rings is 2. The first kappa shape index (κ1) is 97.7. The Balaban J connectivity index is -0.0000000668. The molecule has 2 rings (SSSR count). The fourth-order valence-electron chi connectivity index (χ4n) is 1.86. The van der Waals surface area contributed by atoms with Crippen LogP contribution in [0.3, 0.4) is 0 Å². The number of rotatable bonds is 12. The molecule has 0 atom stereocenters. The normalized spacial score (nSPS) is 11.1. The standard InChI is InChI=1S/C6H3BrF2.C6H3F3.3C4H4F6O.CH4.F2O2S.2FI.2FHO3S.2Li/c2*7-4-1-5(8)3-6(9)2-4;3*5-1-3(7,8)11-4(9,10)2-6;;1-5(2,3)4;2*1-2;2*1-5(2,3)4;;/h2*1-3H;3*1-2H2;1H4;;;;2*(H,2,3,4);;/q;;;;;;;;;;;2*+1/p-2. The van der Waals surface area contributed by atoms with E-state index in [1.54, 1.807) is 0 Å². The van der Waals surface area contributed by atoms with Crippen molar-refractivity contribution in [2.24, 2.45) is 0 Å². The Labute approximate surface area is 453 Å². The molecule has 11 nitrogen and oxygen atoms in total. The SMILES string of the molecule is C.FCC(F)(F)OC(F)(F)CF.FCC(F)(F)OC(F)(F)CF.FCC(F)(F)OC(F)(F)CF.FI.FI.Fc1cc(F)cc(Br)c1.Fc1cc(F)cc(F)c1.O=S(=O)(F)F.O=S(=O)([O-])F.O=S(=O)([O-])F.[Li+].[Li+]. The van der Waals surface area contributed by atoms with E-state index in [-0.39, 0.29) is 45.1 Å². The Morgan fingerprint density at radius 1 is 0.397 bits per heavy atom. The van der Waals surface area contributed by atoms with E-state index in [2.05, 4.69) is 30.1 Å². The van der Waals surface area contributed by atoms with Crippen LogP contribution < -0.4 is 37.7 Å².